The molecule has 1 aromatic rings. The molecule has 0 radical (unpaired) electrons. The summed E-state index contributed by atoms with van der Waals surface area (Å²) in [6, 6.07) is 2.70. The average Bonchev–Trinajstić information content (AvgIpc) is 3.35. The van der Waals surface area contributed by atoms with Crippen molar-refractivity contribution in [1.29, 1.82) is 0 Å². The molecule has 1 aromatic carbocycles. The van der Waals surface area contributed by atoms with E-state index < -0.39 is 52.0 Å². The number of guanidine groups is 1. The van der Waals surface area contributed by atoms with Gasteiger partial charge in [0.15, 0.2) is 5.66 Å². The predicted octanol–water partition coefficient (Wildman–Crippen LogP) is 1.80. The highest BCUT2D eigenvalue weighted by Crippen LogP contribution is 2.46. The zero-order valence-electron chi connectivity index (χ0n) is 22.1. The van der Waals surface area contributed by atoms with Crippen LogP contribution < -0.4 is 26.0 Å². The van der Waals surface area contributed by atoms with Crippen molar-refractivity contribution in [3.63, 3.8) is 0 Å². The minimum atomic E-state index is -2.60. The summed E-state index contributed by atoms with van der Waals surface area (Å²) in [5, 5.41) is 35.3. The third-order valence-electron chi connectivity index (χ3n) is 7.89. The number of hydrogen-bond acceptors (Lipinski definition) is 10. The number of ether oxygens (including phenoxy) is 2. The highest BCUT2D eigenvalue weighted by atomic mass is 79.9. The molecule has 12 nitrogen and oxygen atoms in total. The van der Waals surface area contributed by atoms with Gasteiger partial charge in [0.1, 0.15) is 18.4 Å². The first kappa shape index (κ1) is 30.3. The lowest BCUT2D eigenvalue weighted by Crippen LogP contribution is -2.78. The van der Waals surface area contributed by atoms with E-state index in [1.165, 1.54) is 4.90 Å². The summed E-state index contributed by atoms with van der Waals surface area (Å²) in [6.07, 6.45) is -0.189. The number of alkyl carbamates (subject to hydrolysis) is 1. The van der Waals surface area contributed by atoms with Crippen LogP contribution in [0.2, 0.25) is 0 Å². The van der Waals surface area contributed by atoms with E-state index in [4.69, 9.17) is 44.3 Å². The molecule has 0 bridgehead atoms. The molecule has 2 fully saturated rings. The van der Waals surface area contributed by atoms with Gasteiger partial charge < -0.3 is 40.5 Å². The molecule has 224 valence electrons. The van der Waals surface area contributed by atoms with E-state index in [9.17, 15) is 19.8 Å². The van der Waals surface area contributed by atoms with E-state index in [1.807, 2.05) is 6.07 Å². The number of carbonyl (C=O) groups excluding carboxylic acids is 2. The Morgan fingerprint density at radius 2 is 2.07 bits per heavy atom. The molecule has 2 saturated heterocycles. The number of carbonyl (C=O) groups is 2. The molecule has 5 rings (SSSR count). The number of nitrogens with zero attached hydrogens (tertiary/aromatic N) is 2. The number of nitrogens with one attached hydrogen (secondary N) is 4. The third kappa shape index (κ3) is 5.18. The normalized spacial score (nSPS) is 29.1. The summed E-state index contributed by atoms with van der Waals surface area (Å²) in [6.45, 7) is 7.81. The zero-order chi connectivity index (χ0) is 30.0. The SMILES string of the molecule is C=C1N[C@H]2[C@H](CBr)N=C(NC(=O)OCC(Cl)(Cl)Cl)N3C[C@H](NC(=O)c4cccc5c4OCCC5(C)C)C(O)(O)[C@]23N1. The van der Waals surface area contributed by atoms with E-state index in [-0.39, 0.29) is 28.8 Å². The monoisotopic (exact) mass is 694 g/mol. The molecule has 4 atom stereocenters. The summed E-state index contributed by atoms with van der Waals surface area (Å²) in [7, 11) is 0. The van der Waals surface area contributed by atoms with Crippen molar-refractivity contribution in [3.05, 3.63) is 41.7 Å². The number of fused-ring (bicyclic) bond motifs is 1. The molecule has 4 aliphatic rings. The van der Waals surface area contributed by atoms with Crippen molar-refractivity contribution in [1.82, 2.24) is 26.2 Å². The van der Waals surface area contributed by atoms with Crippen molar-refractivity contribution in [2.45, 2.75) is 59.1 Å². The van der Waals surface area contributed by atoms with Crippen LogP contribution in [-0.2, 0) is 10.2 Å². The van der Waals surface area contributed by atoms with Crippen LogP contribution in [0.25, 0.3) is 0 Å². The number of amides is 2. The predicted molar refractivity (Wildman–Crippen MR) is 156 cm³/mol. The molecule has 6 N–H and O–H groups in total. The number of alkyl halides is 4. The van der Waals surface area contributed by atoms with Gasteiger partial charge in [-0.05, 0) is 17.9 Å². The van der Waals surface area contributed by atoms with Crippen LogP contribution in [0, 0.1) is 0 Å². The van der Waals surface area contributed by atoms with Gasteiger partial charge in [0.2, 0.25) is 15.5 Å². The molecule has 4 aliphatic heterocycles. The smallest absolute Gasteiger partial charge is 0.414 e. The largest absolute Gasteiger partial charge is 0.492 e. The van der Waals surface area contributed by atoms with Crippen LogP contribution >= 0.6 is 50.7 Å². The molecule has 0 aliphatic carbocycles. The Morgan fingerprint density at radius 1 is 1.34 bits per heavy atom. The van der Waals surface area contributed by atoms with Gasteiger partial charge in [0.05, 0.1) is 30.1 Å². The van der Waals surface area contributed by atoms with Gasteiger partial charge in [-0.2, -0.15) is 0 Å². The molecule has 0 saturated carbocycles. The summed E-state index contributed by atoms with van der Waals surface area (Å²) in [4.78, 5) is 32.3. The van der Waals surface area contributed by atoms with E-state index in [2.05, 4.69) is 62.6 Å². The van der Waals surface area contributed by atoms with Crippen molar-refractivity contribution in [2.24, 2.45) is 4.99 Å². The number of para-hydroxylation sites is 1. The van der Waals surface area contributed by atoms with Gasteiger partial charge in [-0.25, -0.2) is 9.79 Å². The van der Waals surface area contributed by atoms with E-state index in [0.29, 0.717) is 18.2 Å². The lowest BCUT2D eigenvalue weighted by atomic mass is 9.79. The van der Waals surface area contributed by atoms with Crippen molar-refractivity contribution in [2.75, 3.05) is 25.1 Å². The van der Waals surface area contributed by atoms with Crippen LogP contribution in [0.4, 0.5) is 4.79 Å². The average molecular weight is 697 g/mol. The van der Waals surface area contributed by atoms with Gasteiger partial charge in [-0.15, -0.1) is 0 Å². The number of rotatable bonds is 4. The van der Waals surface area contributed by atoms with Crippen LogP contribution in [0.15, 0.2) is 35.6 Å². The Morgan fingerprint density at radius 3 is 2.76 bits per heavy atom. The number of aliphatic hydroxyl groups is 2. The Labute approximate surface area is 259 Å². The van der Waals surface area contributed by atoms with Gasteiger partial charge >= 0.3 is 6.09 Å². The summed E-state index contributed by atoms with van der Waals surface area (Å²) in [5.74, 6) is -2.44. The minimum absolute atomic E-state index is 0.0459. The summed E-state index contributed by atoms with van der Waals surface area (Å²) >= 11 is 20.5. The van der Waals surface area contributed by atoms with E-state index in [1.54, 1.807) is 12.1 Å². The van der Waals surface area contributed by atoms with Crippen LogP contribution in [-0.4, -0.2) is 91.5 Å². The summed E-state index contributed by atoms with van der Waals surface area (Å²) < 4.78 is 9.06. The standard InChI is InChI=1S/C25H30BrCl3N6O6/c1-12-30-18-15(9-26)31-20(33-21(37)41-11-23(27,28)29)35-10-16(25(38,39)24(18,35)34-12)32-19(36)13-5-4-6-14-17(13)40-8-7-22(14,2)3/h4-6,15-16,18,30,34,38-39H,1,7-11H2,2-3H3,(H,32,36)(H,31,33,37)/t15-,16-,18-,24-/m0/s1. The van der Waals surface area contributed by atoms with Gasteiger partial charge in [-0.3, -0.25) is 10.1 Å². The molecule has 2 amide bonds. The maximum atomic E-state index is 13.6. The Kier molecular flexibility index (Phi) is 7.78. The van der Waals surface area contributed by atoms with Gasteiger partial charge in [0.25, 0.3) is 5.91 Å². The Balaban J connectivity index is 1.47. The molecule has 4 heterocycles. The highest BCUT2D eigenvalue weighted by molar-refractivity contribution is 9.09. The molecule has 1 spiro atoms. The van der Waals surface area contributed by atoms with E-state index >= 15 is 0 Å². The lowest BCUT2D eigenvalue weighted by Gasteiger charge is -2.49. The number of benzene rings is 1. The van der Waals surface area contributed by atoms with Crippen LogP contribution in [0.5, 0.6) is 5.75 Å². The lowest BCUT2D eigenvalue weighted by molar-refractivity contribution is -0.231. The molecule has 41 heavy (non-hydrogen) atoms. The van der Waals surface area contributed by atoms with Gasteiger partial charge in [-0.1, -0.05) is 83.3 Å². The molecular formula is C25H30BrCl3N6O6. The maximum Gasteiger partial charge on any atom is 0.414 e. The van der Waals surface area contributed by atoms with Crippen LogP contribution in [0.3, 0.4) is 0 Å². The molecular weight excluding hydrogens is 667 g/mol. The second kappa shape index (κ2) is 10.5. The maximum absolute atomic E-state index is 13.6. The van der Waals surface area contributed by atoms with Gasteiger partial charge in [0, 0.05) is 17.4 Å². The molecule has 0 aromatic heterocycles. The second-order valence-corrected chi connectivity index (χ2v) is 14.2. The first-order valence-corrected chi connectivity index (χ1v) is 15.0. The first-order chi connectivity index (χ1) is 19.1. The fraction of sp³-hybridized carbons (Fsp3) is 0.560. The number of aliphatic imine (C=N–C) groups is 1. The quantitative estimate of drug-likeness (QED) is 0.204. The topological polar surface area (TPSA) is 157 Å². The Hall–Kier alpha value is -2.16. The minimum Gasteiger partial charge on any atom is -0.492 e. The molecule has 16 heteroatoms. The number of halogens is 4. The second-order valence-electron chi connectivity index (χ2n) is 11.0. The van der Waals surface area contributed by atoms with Crippen molar-refractivity contribution >= 4 is 68.7 Å². The highest BCUT2D eigenvalue weighted by Gasteiger charge is 2.73. The zero-order valence-corrected chi connectivity index (χ0v) is 26.0. The first-order valence-electron chi connectivity index (χ1n) is 12.8. The fourth-order valence-electron chi connectivity index (χ4n) is 5.87. The van der Waals surface area contributed by atoms with Crippen molar-refractivity contribution in [3.8, 4) is 5.75 Å². The molecule has 0 unspecified atom stereocenters. The summed E-state index contributed by atoms with van der Waals surface area (Å²) in [5.41, 5.74) is -0.737. The number of hydrogen-bond donors (Lipinski definition) is 6. The third-order valence-corrected chi connectivity index (χ3v) is 8.88. The fourth-order valence-corrected chi connectivity index (χ4v) is 6.55. The van der Waals surface area contributed by atoms with Crippen LogP contribution in [0.1, 0.15) is 36.2 Å². The van der Waals surface area contributed by atoms with E-state index in [0.717, 1.165) is 12.0 Å². The van der Waals surface area contributed by atoms with Crippen molar-refractivity contribution < 1.29 is 29.3 Å². The Bertz CT molecular complexity index is 1310.